The number of hydrogen-bond acceptors (Lipinski definition) is 2. The van der Waals surface area contributed by atoms with Crippen molar-refractivity contribution in [3.8, 4) is 0 Å². The van der Waals surface area contributed by atoms with E-state index in [1.807, 2.05) is 11.9 Å². The fraction of sp³-hybridized carbons (Fsp3) is 0.867. The van der Waals surface area contributed by atoms with Crippen LogP contribution in [-0.2, 0) is 4.79 Å². The number of amides is 2. The van der Waals surface area contributed by atoms with E-state index in [1.165, 1.54) is 25.7 Å². The fourth-order valence-electron chi connectivity index (χ4n) is 2.66. The van der Waals surface area contributed by atoms with Crippen LogP contribution in [0.3, 0.4) is 0 Å². The van der Waals surface area contributed by atoms with Crippen LogP contribution in [0.5, 0.6) is 0 Å². The summed E-state index contributed by atoms with van der Waals surface area (Å²) in [6.07, 6.45) is 8.47. The molecule has 5 heteroatoms. The van der Waals surface area contributed by atoms with Crippen molar-refractivity contribution in [3.63, 3.8) is 0 Å². The molecule has 2 amide bonds. The number of nitrogens with zero attached hydrogens (tertiary/aromatic N) is 1. The third-order valence-electron chi connectivity index (χ3n) is 4.20. The van der Waals surface area contributed by atoms with Crippen LogP contribution in [0, 0.1) is 5.92 Å². The minimum atomic E-state index is -0.771. The van der Waals surface area contributed by atoms with Crippen molar-refractivity contribution in [1.82, 2.24) is 10.2 Å². The van der Waals surface area contributed by atoms with Gasteiger partial charge in [0.15, 0.2) is 0 Å². The highest BCUT2D eigenvalue weighted by Crippen LogP contribution is 2.20. The van der Waals surface area contributed by atoms with Gasteiger partial charge in [0.1, 0.15) is 0 Å². The van der Waals surface area contributed by atoms with Crippen molar-refractivity contribution in [1.29, 1.82) is 0 Å². The highest BCUT2D eigenvalue weighted by atomic mass is 16.4. The van der Waals surface area contributed by atoms with Crippen LogP contribution in [0.4, 0.5) is 4.79 Å². The van der Waals surface area contributed by atoms with Gasteiger partial charge in [-0.3, -0.25) is 4.79 Å². The first-order chi connectivity index (χ1) is 9.52. The molecule has 0 aliphatic heterocycles. The quantitative estimate of drug-likeness (QED) is 0.582. The van der Waals surface area contributed by atoms with Crippen LogP contribution in [0.25, 0.3) is 0 Å². The molecule has 0 bridgehead atoms. The van der Waals surface area contributed by atoms with Gasteiger partial charge >= 0.3 is 12.0 Å². The molecule has 1 unspecified atom stereocenters. The second-order valence-corrected chi connectivity index (χ2v) is 5.87. The molecule has 5 nitrogen and oxygen atoms in total. The summed E-state index contributed by atoms with van der Waals surface area (Å²) in [7, 11) is 1.87. The molecule has 1 atom stereocenters. The highest BCUT2D eigenvalue weighted by Gasteiger charge is 2.20. The first-order valence-corrected chi connectivity index (χ1v) is 7.76. The third kappa shape index (κ3) is 5.80. The zero-order valence-corrected chi connectivity index (χ0v) is 12.7. The molecule has 1 aliphatic rings. The minimum absolute atomic E-state index is 0.0279. The molecule has 0 aromatic rings. The summed E-state index contributed by atoms with van der Waals surface area (Å²) >= 11 is 0. The number of nitrogens with one attached hydrogen (secondary N) is 1. The Morgan fingerprint density at radius 1 is 1.25 bits per heavy atom. The van der Waals surface area contributed by atoms with Crippen LogP contribution >= 0.6 is 0 Å². The Hall–Kier alpha value is -1.26. The zero-order valence-electron chi connectivity index (χ0n) is 12.7. The van der Waals surface area contributed by atoms with Crippen molar-refractivity contribution >= 4 is 12.0 Å². The third-order valence-corrected chi connectivity index (χ3v) is 4.20. The largest absolute Gasteiger partial charge is 0.481 e. The molecule has 2 N–H and O–H groups in total. The Bertz CT molecular complexity index is 312. The van der Waals surface area contributed by atoms with E-state index >= 15 is 0 Å². The van der Waals surface area contributed by atoms with Gasteiger partial charge in [-0.05, 0) is 25.7 Å². The molecule has 0 aromatic heterocycles. The molecule has 0 radical (unpaired) electrons. The van der Waals surface area contributed by atoms with Crippen molar-refractivity contribution in [2.24, 2.45) is 5.92 Å². The van der Waals surface area contributed by atoms with Crippen molar-refractivity contribution in [2.45, 2.75) is 64.3 Å². The lowest BCUT2D eigenvalue weighted by molar-refractivity contribution is -0.141. The van der Waals surface area contributed by atoms with Gasteiger partial charge < -0.3 is 15.3 Å². The van der Waals surface area contributed by atoms with Crippen molar-refractivity contribution in [2.75, 3.05) is 13.6 Å². The van der Waals surface area contributed by atoms with E-state index in [0.29, 0.717) is 25.4 Å². The lowest BCUT2D eigenvalue weighted by Gasteiger charge is -2.27. The predicted octanol–water partition coefficient (Wildman–Crippen LogP) is 2.85. The number of carboxylic acid groups (broad SMARTS) is 1. The second-order valence-electron chi connectivity index (χ2n) is 5.87. The first kappa shape index (κ1) is 16.8. The van der Waals surface area contributed by atoms with Crippen LogP contribution in [0.1, 0.15) is 58.3 Å². The smallest absolute Gasteiger partial charge is 0.317 e. The summed E-state index contributed by atoms with van der Waals surface area (Å²) in [6.45, 7) is 2.25. The van der Waals surface area contributed by atoms with Gasteiger partial charge in [-0.25, -0.2) is 4.79 Å². The summed E-state index contributed by atoms with van der Waals surface area (Å²) < 4.78 is 0. The number of carboxylic acids is 1. The molecule has 0 saturated heterocycles. The molecule has 1 saturated carbocycles. The maximum Gasteiger partial charge on any atom is 0.317 e. The summed E-state index contributed by atoms with van der Waals surface area (Å²) in [6, 6.07) is 0.329. The number of aliphatic carboxylic acids is 1. The average molecular weight is 284 g/mol. The van der Waals surface area contributed by atoms with Gasteiger partial charge in [0.25, 0.3) is 0 Å². The van der Waals surface area contributed by atoms with Gasteiger partial charge in [0.2, 0.25) is 0 Å². The molecule has 1 aliphatic carbocycles. The molecule has 0 spiro atoms. The van der Waals surface area contributed by atoms with Crippen molar-refractivity contribution in [3.05, 3.63) is 0 Å². The Labute approximate surface area is 121 Å². The van der Waals surface area contributed by atoms with E-state index in [-0.39, 0.29) is 11.9 Å². The van der Waals surface area contributed by atoms with Gasteiger partial charge in [-0.15, -0.1) is 0 Å². The Balaban J connectivity index is 2.22. The number of carbonyl (C=O) groups is 2. The lowest BCUT2D eigenvalue weighted by Crippen LogP contribution is -2.43. The van der Waals surface area contributed by atoms with Crippen LogP contribution < -0.4 is 5.32 Å². The summed E-state index contributed by atoms with van der Waals surface area (Å²) in [4.78, 5) is 24.5. The summed E-state index contributed by atoms with van der Waals surface area (Å²) in [5.74, 6) is -1.11. The normalized spacial score (nSPS) is 18.1. The van der Waals surface area contributed by atoms with Gasteiger partial charge in [-0.1, -0.05) is 32.6 Å². The topological polar surface area (TPSA) is 69.6 Å². The van der Waals surface area contributed by atoms with Crippen LogP contribution in [0.15, 0.2) is 0 Å². The Morgan fingerprint density at radius 3 is 2.40 bits per heavy atom. The summed E-state index contributed by atoms with van der Waals surface area (Å²) in [5, 5.41) is 11.7. The van der Waals surface area contributed by atoms with Crippen LogP contribution in [0.2, 0.25) is 0 Å². The number of carbonyl (C=O) groups excluding carboxylic acids is 1. The maximum absolute atomic E-state index is 12.0. The zero-order chi connectivity index (χ0) is 15.0. The fourth-order valence-corrected chi connectivity index (χ4v) is 2.66. The molecule has 0 aromatic carbocycles. The molecule has 1 rings (SSSR count). The SMILES string of the molecule is CC(CCCNC(=O)N(C)C1CCCCCC1)C(=O)O. The monoisotopic (exact) mass is 284 g/mol. The van der Waals surface area contributed by atoms with Crippen molar-refractivity contribution < 1.29 is 14.7 Å². The van der Waals surface area contributed by atoms with Gasteiger partial charge in [0, 0.05) is 19.6 Å². The Morgan fingerprint density at radius 2 is 1.85 bits per heavy atom. The number of hydrogen-bond donors (Lipinski definition) is 2. The summed E-state index contributed by atoms with van der Waals surface area (Å²) in [5.41, 5.74) is 0. The molecule has 0 heterocycles. The Kier molecular flexibility index (Phi) is 7.41. The molecular formula is C15H28N2O3. The molecular weight excluding hydrogens is 256 g/mol. The molecule has 116 valence electrons. The minimum Gasteiger partial charge on any atom is -0.481 e. The van der Waals surface area contributed by atoms with E-state index in [0.717, 1.165) is 12.8 Å². The first-order valence-electron chi connectivity index (χ1n) is 7.76. The standard InChI is InChI=1S/C15H28N2O3/c1-12(14(18)19)8-7-11-16-15(20)17(2)13-9-5-3-4-6-10-13/h12-13H,3-11H2,1-2H3,(H,16,20)(H,18,19). The predicted molar refractivity (Wildman–Crippen MR) is 78.7 cm³/mol. The van der Waals surface area contributed by atoms with Gasteiger partial charge in [0.05, 0.1) is 5.92 Å². The van der Waals surface area contributed by atoms with E-state index in [4.69, 9.17) is 5.11 Å². The second kappa shape index (κ2) is 8.82. The van der Waals surface area contributed by atoms with E-state index in [2.05, 4.69) is 5.32 Å². The number of urea groups is 1. The van der Waals surface area contributed by atoms with Gasteiger partial charge in [-0.2, -0.15) is 0 Å². The highest BCUT2D eigenvalue weighted by molar-refractivity contribution is 5.74. The number of rotatable bonds is 6. The van der Waals surface area contributed by atoms with Crippen LogP contribution in [-0.4, -0.2) is 41.6 Å². The van der Waals surface area contributed by atoms with E-state index in [9.17, 15) is 9.59 Å². The van der Waals surface area contributed by atoms with E-state index < -0.39 is 5.97 Å². The average Bonchev–Trinajstić information content (AvgIpc) is 2.70. The maximum atomic E-state index is 12.0. The lowest BCUT2D eigenvalue weighted by atomic mass is 10.1. The molecule has 1 fully saturated rings. The van der Waals surface area contributed by atoms with E-state index in [1.54, 1.807) is 6.92 Å². The molecule has 20 heavy (non-hydrogen) atoms.